The molecule has 0 aromatic heterocycles. The highest BCUT2D eigenvalue weighted by Crippen LogP contribution is 2.13. The summed E-state index contributed by atoms with van der Waals surface area (Å²) in [6, 6.07) is 0. The first-order chi connectivity index (χ1) is 29.6. The average molecular weight is 837 g/mol. The van der Waals surface area contributed by atoms with Crippen LogP contribution in [0.15, 0.2) is 72.9 Å². The molecule has 0 aliphatic heterocycles. The summed E-state index contributed by atoms with van der Waals surface area (Å²) in [5, 5.41) is 0. The van der Waals surface area contributed by atoms with Crippen molar-refractivity contribution in [3.8, 4) is 0 Å². The third kappa shape index (κ3) is 48.0. The summed E-state index contributed by atoms with van der Waals surface area (Å²) in [5.41, 5.74) is 0. The highest BCUT2D eigenvalue weighted by molar-refractivity contribution is 5.70. The Labute approximate surface area is 372 Å². The van der Waals surface area contributed by atoms with E-state index in [1.807, 2.05) is 0 Å². The third-order valence-electron chi connectivity index (χ3n) is 10.7. The summed E-state index contributed by atoms with van der Waals surface area (Å²) in [6.07, 6.45) is 64.7. The van der Waals surface area contributed by atoms with Crippen LogP contribution in [0, 0.1) is 0 Å². The Hall–Kier alpha value is -2.66. The third-order valence-corrected chi connectivity index (χ3v) is 10.7. The first kappa shape index (κ1) is 57.3. The first-order valence-corrected chi connectivity index (χ1v) is 25.5. The zero-order chi connectivity index (χ0) is 43.5. The summed E-state index contributed by atoms with van der Waals surface area (Å²) in [6.45, 7) is 7.67. The molecule has 5 heteroatoms. The largest absolute Gasteiger partial charge is 0.462 e. The smallest absolute Gasteiger partial charge is 0.306 e. The molecule has 0 bridgehead atoms. The van der Waals surface area contributed by atoms with Crippen molar-refractivity contribution in [1.82, 2.24) is 0 Å². The van der Waals surface area contributed by atoms with Gasteiger partial charge >= 0.3 is 11.9 Å². The van der Waals surface area contributed by atoms with Gasteiger partial charge in [-0.25, -0.2) is 0 Å². The van der Waals surface area contributed by atoms with E-state index in [0.29, 0.717) is 19.4 Å². The zero-order valence-corrected chi connectivity index (χ0v) is 39.7. The summed E-state index contributed by atoms with van der Waals surface area (Å²) >= 11 is 0. The van der Waals surface area contributed by atoms with Crippen molar-refractivity contribution >= 4 is 11.9 Å². The number of hydrogen-bond acceptors (Lipinski definition) is 5. The summed E-state index contributed by atoms with van der Waals surface area (Å²) in [5.74, 6) is -0.430. The molecule has 60 heavy (non-hydrogen) atoms. The average Bonchev–Trinajstić information content (AvgIpc) is 3.25. The molecular weight excluding hydrogens is 741 g/mol. The molecule has 1 atom stereocenters. The number of unbranched alkanes of at least 4 members (excludes halogenated alkanes) is 23. The molecule has 0 heterocycles. The van der Waals surface area contributed by atoms with Crippen LogP contribution in [0.1, 0.15) is 239 Å². The Kier molecular flexibility index (Phi) is 48.4. The minimum absolute atomic E-state index is 0.0683. The van der Waals surface area contributed by atoms with Crippen molar-refractivity contribution in [3.63, 3.8) is 0 Å². The molecule has 0 aliphatic carbocycles. The van der Waals surface area contributed by atoms with Crippen molar-refractivity contribution in [2.45, 2.75) is 245 Å². The van der Waals surface area contributed by atoms with Crippen LogP contribution in [-0.2, 0) is 23.8 Å². The molecule has 346 valence electrons. The van der Waals surface area contributed by atoms with Gasteiger partial charge in [0.15, 0.2) is 6.10 Å². The van der Waals surface area contributed by atoms with Crippen molar-refractivity contribution in [2.24, 2.45) is 0 Å². The molecule has 0 aliphatic rings. The second-order valence-corrected chi connectivity index (χ2v) is 16.7. The quantitative estimate of drug-likeness (QED) is 0.0347. The number of carbonyl (C=O) groups excluding carboxylic acids is 2. The van der Waals surface area contributed by atoms with Gasteiger partial charge in [0.2, 0.25) is 0 Å². The molecule has 0 rings (SSSR count). The lowest BCUT2D eigenvalue weighted by molar-refractivity contribution is -0.163. The fourth-order valence-corrected chi connectivity index (χ4v) is 6.83. The summed E-state index contributed by atoms with van der Waals surface area (Å²) in [4.78, 5) is 25.4. The maximum Gasteiger partial charge on any atom is 0.306 e. The second kappa shape index (κ2) is 50.7. The number of rotatable bonds is 46. The highest BCUT2D eigenvalue weighted by atomic mass is 16.6. The van der Waals surface area contributed by atoms with Gasteiger partial charge in [-0.15, -0.1) is 0 Å². The molecule has 1 unspecified atom stereocenters. The molecule has 0 saturated heterocycles. The van der Waals surface area contributed by atoms with E-state index < -0.39 is 6.10 Å². The number of carbonyl (C=O) groups is 2. The SMILES string of the molecule is CCC/C=C\C/C=C\CCCCCCCC(=O)OC(COCCCCCCCC/C=C\CCCC)COC(=O)CCCCCCCC/C=C\C/C=C\C/C=C\CCCCC. The van der Waals surface area contributed by atoms with E-state index in [2.05, 4.69) is 93.7 Å². The van der Waals surface area contributed by atoms with Gasteiger partial charge in [0.1, 0.15) is 6.61 Å². The molecule has 0 saturated carbocycles. The molecule has 0 amide bonds. The molecule has 5 nitrogen and oxygen atoms in total. The van der Waals surface area contributed by atoms with Crippen LogP contribution < -0.4 is 0 Å². The van der Waals surface area contributed by atoms with Crippen molar-refractivity contribution in [1.29, 1.82) is 0 Å². The molecule has 0 N–H and O–H groups in total. The van der Waals surface area contributed by atoms with Crippen LogP contribution in [0.25, 0.3) is 0 Å². The van der Waals surface area contributed by atoms with Crippen LogP contribution in [0.2, 0.25) is 0 Å². The molecular formula is C55H96O5. The van der Waals surface area contributed by atoms with E-state index in [0.717, 1.165) is 89.9 Å². The van der Waals surface area contributed by atoms with E-state index in [-0.39, 0.29) is 25.2 Å². The number of ether oxygens (including phenoxy) is 3. The highest BCUT2D eigenvalue weighted by Gasteiger charge is 2.17. The monoisotopic (exact) mass is 837 g/mol. The zero-order valence-electron chi connectivity index (χ0n) is 39.7. The van der Waals surface area contributed by atoms with Gasteiger partial charge in [-0.2, -0.15) is 0 Å². The lowest BCUT2D eigenvalue weighted by Gasteiger charge is -2.18. The topological polar surface area (TPSA) is 61.8 Å². The molecule has 0 aromatic carbocycles. The Bertz CT molecular complexity index is 1080. The van der Waals surface area contributed by atoms with Crippen LogP contribution >= 0.6 is 0 Å². The van der Waals surface area contributed by atoms with E-state index in [4.69, 9.17) is 14.2 Å². The van der Waals surface area contributed by atoms with Gasteiger partial charge in [0.05, 0.1) is 6.61 Å². The predicted octanol–water partition coefficient (Wildman–Crippen LogP) is 17.1. The van der Waals surface area contributed by atoms with Crippen molar-refractivity contribution in [2.75, 3.05) is 19.8 Å². The standard InChI is InChI=1S/C55H96O5/c1-4-7-10-13-16-19-22-25-26-27-28-29-30-32-33-36-39-42-45-48-54(56)59-52-53(51-58-50-47-44-41-38-35-24-21-18-15-12-9-6-3)60-55(57)49-46-43-40-37-34-31-23-20-17-14-11-8-5-2/h11,14-16,18-20,23,25-26,28-29,53H,4-10,12-13,17,21-22,24,27,30-52H2,1-3H3/b14-11-,18-15-,19-16-,23-20-,26-25-,29-28-. The van der Waals surface area contributed by atoms with E-state index in [1.165, 1.54) is 116 Å². The van der Waals surface area contributed by atoms with E-state index in [9.17, 15) is 9.59 Å². The maximum absolute atomic E-state index is 12.8. The second-order valence-electron chi connectivity index (χ2n) is 16.7. The molecule has 0 spiro atoms. The van der Waals surface area contributed by atoms with Gasteiger partial charge < -0.3 is 14.2 Å². The molecule has 0 fully saturated rings. The van der Waals surface area contributed by atoms with Crippen molar-refractivity contribution in [3.05, 3.63) is 72.9 Å². The molecule has 0 aromatic rings. The van der Waals surface area contributed by atoms with Crippen LogP contribution in [0.4, 0.5) is 0 Å². The number of esters is 2. The van der Waals surface area contributed by atoms with E-state index in [1.54, 1.807) is 0 Å². The van der Waals surface area contributed by atoms with Gasteiger partial charge in [-0.1, -0.05) is 196 Å². The Morgan fingerprint density at radius 3 is 1.25 bits per heavy atom. The Balaban J connectivity index is 4.28. The normalized spacial score (nSPS) is 12.8. The van der Waals surface area contributed by atoms with Crippen molar-refractivity contribution < 1.29 is 23.8 Å². The lowest BCUT2D eigenvalue weighted by atomic mass is 10.1. The fraction of sp³-hybridized carbons (Fsp3) is 0.745. The van der Waals surface area contributed by atoms with Gasteiger partial charge in [0.25, 0.3) is 0 Å². The lowest BCUT2D eigenvalue weighted by Crippen LogP contribution is -2.30. The van der Waals surface area contributed by atoms with Gasteiger partial charge in [0, 0.05) is 19.4 Å². The minimum atomic E-state index is -0.553. The number of allylic oxidation sites excluding steroid dienone is 12. The fourth-order valence-electron chi connectivity index (χ4n) is 6.83. The number of hydrogen-bond donors (Lipinski definition) is 0. The maximum atomic E-state index is 12.8. The van der Waals surface area contributed by atoms with Crippen LogP contribution in [0.3, 0.4) is 0 Å². The Morgan fingerprint density at radius 1 is 0.367 bits per heavy atom. The van der Waals surface area contributed by atoms with Crippen LogP contribution in [0.5, 0.6) is 0 Å². The predicted molar refractivity (Wildman–Crippen MR) is 260 cm³/mol. The summed E-state index contributed by atoms with van der Waals surface area (Å²) in [7, 11) is 0. The summed E-state index contributed by atoms with van der Waals surface area (Å²) < 4.78 is 17.4. The first-order valence-electron chi connectivity index (χ1n) is 25.5. The van der Waals surface area contributed by atoms with Gasteiger partial charge in [-0.3, -0.25) is 9.59 Å². The molecule has 0 radical (unpaired) electrons. The van der Waals surface area contributed by atoms with Gasteiger partial charge in [-0.05, 0) is 103 Å². The van der Waals surface area contributed by atoms with E-state index >= 15 is 0 Å². The Morgan fingerprint density at radius 2 is 0.750 bits per heavy atom. The van der Waals surface area contributed by atoms with Crippen LogP contribution in [-0.4, -0.2) is 37.9 Å². The minimum Gasteiger partial charge on any atom is -0.462 e.